The van der Waals surface area contributed by atoms with E-state index in [1.54, 1.807) is 24.3 Å². The van der Waals surface area contributed by atoms with Gasteiger partial charge in [0, 0.05) is 0 Å². The minimum atomic E-state index is 0. The van der Waals surface area contributed by atoms with Crippen molar-refractivity contribution in [2.24, 2.45) is 0 Å². The predicted octanol–water partition coefficient (Wildman–Crippen LogP) is 2.16. The Morgan fingerprint density at radius 2 is 0.857 bits per heavy atom. The maximum Gasteiger partial charge on any atom is 0.316 e. The minimum Gasteiger partial charge on any atom is -0.508 e. The molecule has 0 fully saturated rings. The number of hydrogen-bond donors (Lipinski definition) is 1. The third kappa shape index (κ3) is 6.51. The Morgan fingerprint density at radius 3 is 1.07 bits per heavy atom. The van der Waals surface area contributed by atoms with Gasteiger partial charge in [-0.15, -0.1) is 0 Å². The van der Waals surface area contributed by atoms with Crippen LogP contribution in [0.25, 0.3) is 0 Å². The maximum absolute atomic E-state index is 8.63. The third-order valence-corrected chi connectivity index (χ3v) is 1.42. The van der Waals surface area contributed by atoms with Gasteiger partial charge in [-0.05, 0) is 12.1 Å². The summed E-state index contributed by atoms with van der Waals surface area (Å²) >= 11 is 0. The predicted molar refractivity (Wildman–Crippen MR) is 63.1 cm³/mol. The number of hydrogen-bond acceptors (Lipinski definition) is 1. The van der Waals surface area contributed by atoms with Crippen molar-refractivity contribution in [3.8, 4) is 5.75 Å². The van der Waals surface area contributed by atoms with Gasteiger partial charge in [-0.1, -0.05) is 54.6 Å². The molecule has 0 bridgehead atoms. The number of phenolic OH excluding ortho intramolecular Hbond substituents is 1. The summed E-state index contributed by atoms with van der Waals surface area (Å²) in [7, 11) is 0. The summed E-state index contributed by atoms with van der Waals surface area (Å²) in [5, 5.41) is 8.63. The first kappa shape index (κ1) is 13.0. The van der Waals surface area contributed by atoms with E-state index < -0.39 is 0 Å². The van der Waals surface area contributed by atoms with E-state index in [4.69, 9.17) is 5.11 Å². The first-order chi connectivity index (χ1) is 6.39. The van der Waals surface area contributed by atoms with Crippen molar-refractivity contribution < 1.29 is 5.11 Å². The highest BCUT2D eigenvalue weighted by molar-refractivity contribution is 5.75. The Hall–Kier alpha value is -0.994. The highest BCUT2D eigenvalue weighted by atomic mass is 24.3. The van der Waals surface area contributed by atoms with Gasteiger partial charge in [0.15, 0.2) is 0 Å². The smallest absolute Gasteiger partial charge is 0.316 e. The van der Waals surface area contributed by atoms with Crippen LogP contribution in [0.3, 0.4) is 0 Å². The number of aromatic hydroxyl groups is 1. The molecule has 0 heterocycles. The second-order valence-electron chi connectivity index (χ2n) is 2.49. The molecule has 14 heavy (non-hydrogen) atoms. The second-order valence-corrected chi connectivity index (χ2v) is 2.49. The molecule has 1 nitrogen and oxygen atoms in total. The van der Waals surface area contributed by atoms with Crippen molar-refractivity contribution >= 4 is 23.1 Å². The molecule has 0 saturated heterocycles. The van der Waals surface area contributed by atoms with Crippen molar-refractivity contribution in [2.75, 3.05) is 0 Å². The fraction of sp³-hybridized carbons (Fsp3) is 0. The van der Waals surface area contributed by atoms with Gasteiger partial charge >= 0.3 is 23.1 Å². The van der Waals surface area contributed by atoms with Crippen molar-refractivity contribution in [1.29, 1.82) is 0 Å². The lowest BCUT2D eigenvalue weighted by atomic mass is 10.3. The standard InChI is InChI=1S/C6H6O.C6H6.Mg.2H/c7-6-4-2-1-3-5-6;1-2-4-6-5-3-1;;;/h1-5,7H;1-6H;;;. The molecule has 0 spiro atoms. The average molecular weight is 199 g/mol. The Bertz CT molecular complexity index is 281. The van der Waals surface area contributed by atoms with Crippen LogP contribution in [0.15, 0.2) is 66.7 Å². The van der Waals surface area contributed by atoms with Gasteiger partial charge in [0.25, 0.3) is 0 Å². The summed E-state index contributed by atoms with van der Waals surface area (Å²) in [5.74, 6) is 0.322. The van der Waals surface area contributed by atoms with Crippen molar-refractivity contribution in [2.45, 2.75) is 0 Å². The summed E-state index contributed by atoms with van der Waals surface area (Å²) in [6, 6.07) is 20.7. The van der Waals surface area contributed by atoms with Crippen LogP contribution in [0, 0.1) is 0 Å². The van der Waals surface area contributed by atoms with Crippen LogP contribution in [0.1, 0.15) is 0 Å². The summed E-state index contributed by atoms with van der Waals surface area (Å²) in [6.07, 6.45) is 0. The zero-order chi connectivity index (χ0) is 9.36. The molecule has 2 rings (SSSR count). The number of rotatable bonds is 0. The molecule has 0 radical (unpaired) electrons. The summed E-state index contributed by atoms with van der Waals surface area (Å²) < 4.78 is 0. The van der Waals surface area contributed by atoms with Crippen molar-refractivity contribution in [3.05, 3.63) is 66.7 Å². The second kappa shape index (κ2) is 8.60. The van der Waals surface area contributed by atoms with Crippen molar-refractivity contribution in [1.82, 2.24) is 0 Å². The van der Waals surface area contributed by atoms with Gasteiger partial charge < -0.3 is 5.11 Å². The van der Waals surface area contributed by atoms with E-state index in [2.05, 4.69) is 0 Å². The van der Waals surface area contributed by atoms with E-state index >= 15 is 0 Å². The van der Waals surface area contributed by atoms with Crippen LogP contribution < -0.4 is 0 Å². The summed E-state index contributed by atoms with van der Waals surface area (Å²) in [5.41, 5.74) is 0. The molecule has 0 aliphatic rings. The molecular formula is C12H14MgO. The summed E-state index contributed by atoms with van der Waals surface area (Å²) in [6.45, 7) is 0. The van der Waals surface area contributed by atoms with Gasteiger partial charge in [0.05, 0.1) is 0 Å². The number of phenols is 1. The van der Waals surface area contributed by atoms with Crippen LogP contribution in [0.2, 0.25) is 0 Å². The average Bonchev–Trinajstić information content (AvgIpc) is 2.22. The van der Waals surface area contributed by atoms with Crippen LogP contribution in [-0.4, -0.2) is 28.2 Å². The first-order valence-corrected chi connectivity index (χ1v) is 4.13. The van der Waals surface area contributed by atoms with E-state index in [9.17, 15) is 0 Å². The minimum absolute atomic E-state index is 0. The van der Waals surface area contributed by atoms with Gasteiger partial charge in [-0.3, -0.25) is 0 Å². The molecule has 0 aromatic heterocycles. The van der Waals surface area contributed by atoms with Crippen LogP contribution in [-0.2, 0) is 0 Å². The molecule has 2 heteroatoms. The molecular weight excluding hydrogens is 184 g/mol. The van der Waals surface area contributed by atoms with Crippen molar-refractivity contribution in [3.63, 3.8) is 0 Å². The molecule has 0 aliphatic carbocycles. The molecule has 2 aromatic rings. The molecule has 0 unspecified atom stereocenters. The molecule has 70 valence electrons. The fourth-order valence-electron chi connectivity index (χ4n) is 0.813. The lowest BCUT2D eigenvalue weighted by molar-refractivity contribution is 0.475. The normalized spacial score (nSPS) is 7.71. The Balaban J connectivity index is 0.000000227. The number of benzene rings is 2. The quantitative estimate of drug-likeness (QED) is 0.644. The molecule has 1 N–H and O–H groups in total. The van der Waals surface area contributed by atoms with Gasteiger partial charge in [-0.25, -0.2) is 0 Å². The van der Waals surface area contributed by atoms with Gasteiger partial charge in [0.2, 0.25) is 0 Å². The van der Waals surface area contributed by atoms with E-state index in [1.165, 1.54) is 0 Å². The highest BCUT2D eigenvalue weighted by Crippen LogP contribution is 2.02. The highest BCUT2D eigenvalue weighted by Gasteiger charge is 1.74. The largest absolute Gasteiger partial charge is 0.508 e. The van der Waals surface area contributed by atoms with Gasteiger partial charge in [0.1, 0.15) is 5.75 Å². The van der Waals surface area contributed by atoms with Crippen LogP contribution in [0.5, 0.6) is 5.75 Å². The molecule has 0 atom stereocenters. The Kier molecular flexibility index (Phi) is 7.99. The molecule has 0 aliphatic heterocycles. The third-order valence-electron chi connectivity index (χ3n) is 1.42. The maximum atomic E-state index is 8.63. The zero-order valence-corrected chi connectivity index (χ0v) is 7.30. The zero-order valence-electron chi connectivity index (χ0n) is 7.30. The van der Waals surface area contributed by atoms with E-state index in [0.29, 0.717) is 5.75 Å². The first-order valence-electron chi connectivity index (χ1n) is 4.13. The van der Waals surface area contributed by atoms with E-state index in [0.717, 1.165) is 0 Å². The number of para-hydroxylation sites is 1. The van der Waals surface area contributed by atoms with Gasteiger partial charge in [-0.2, -0.15) is 0 Å². The summed E-state index contributed by atoms with van der Waals surface area (Å²) in [4.78, 5) is 0. The van der Waals surface area contributed by atoms with Crippen LogP contribution in [0.4, 0.5) is 0 Å². The Labute approximate surface area is 101 Å². The topological polar surface area (TPSA) is 20.2 Å². The van der Waals surface area contributed by atoms with E-state index in [1.807, 2.05) is 42.5 Å². The van der Waals surface area contributed by atoms with Crippen LogP contribution >= 0.6 is 0 Å². The molecule has 2 aromatic carbocycles. The fourth-order valence-corrected chi connectivity index (χ4v) is 0.813. The molecule has 0 saturated carbocycles. The molecule has 0 amide bonds. The lowest BCUT2D eigenvalue weighted by Gasteiger charge is -1.82. The lowest BCUT2D eigenvalue weighted by Crippen LogP contribution is -1.56. The SMILES string of the molecule is Oc1ccccc1.[MgH2].c1ccccc1. The van der Waals surface area contributed by atoms with E-state index in [-0.39, 0.29) is 23.1 Å². The monoisotopic (exact) mass is 198 g/mol. The Morgan fingerprint density at radius 1 is 0.571 bits per heavy atom.